The molecule has 2 rings (SSSR count). The molecule has 1 unspecified atom stereocenters. The molecule has 6 nitrogen and oxygen atoms in total. The molecule has 0 aliphatic carbocycles. The Hall–Kier alpha value is -1.77. The Bertz CT molecular complexity index is 708. The van der Waals surface area contributed by atoms with Gasteiger partial charge < -0.3 is 10.1 Å². The largest absolute Gasteiger partial charge is 0.484 e. The Morgan fingerprint density at radius 2 is 1.92 bits per heavy atom. The highest BCUT2D eigenvalue weighted by Crippen LogP contribution is 2.26. The summed E-state index contributed by atoms with van der Waals surface area (Å²) < 4.78 is 6.86. The standard InChI is InChI=1S/C15H15BrClN3O3S/c1-9(12-6-7-13(17)24-12)18-15(22)20-19-14(21)8-23-11-4-2-10(16)3-5-11/h2-7,9H,8H2,1H3,(H,19,21)(H2,18,20,22). The van der Waals surface area contributed by atoms with Crippen molar-refractivity contribution in [2.24, 2.45) is 0 Å². The number of carbonyl (C=O) groups excluding carboxylic acids is 2. The van der Waals surface area contributed by atoms with Gasteiger partial charge in [0, 0.05) is 9.35 Å². The van der Waals surface area contributed by atoms with Gasteiger partial charge in [0.15, 0.2) is 6.61 Å². The predicted octanol–water partition coefficient (Wildman–Crippen LogP) is 3.63. The van der Waals surface area contributed by atoms with E-state index in [1.165, 1.54) is 11.3 Å². The maximum atomic E-state index is 11.7. The molecule has 9 heteroatoms. The molecule has 24 heavy (non-hydrogen) atoms. The highest BCUT2D eigenvalue weighted by molar-refractivity contribution is 9.10. The minimum absolute atomic E-state index is 0.210. The lowest BCUT2D eigenvalue weighted by Crippen LogP contribution is -2.48. The van der Waals surface area contributed by atoms with Gasteiger partial charge in [-0.1, -0.05) is 27.5 Å². The molecule has 0 fully saturated rings. The first-order chi connectivity index (χ1) is 11.4. The van der Waals surface area contributed by atoms with Crippen molar-refractivity contribution >= 4 is 50.8 Å². The second-order valence-corrected chi connectivity index (χ2v) is 7.42. The average Bonchev–Trinajstić information content (AvgIpc) is 2.99. The van der Waals surface area contributed by atoms with E-state index in [1.54, 1.807) is 30.3 Å². The van der Waals surface area contributed by atoms with Crippen molar-refractivity contribution < 1.29 is 14.3 Å². The fourth-order valence-corrected chi connectivity index (χ4v) is 3.03. The number of amides is 3. The summed E-state index contributed by atoms with van der Waals surface area (Å²) in [6, 6.07) is 9.91. The zero-order chi connectivity index (χ0) is 17.5. The Morgan fingerprint density at radius 1 is 1.21 bits per heavy atom. The first kappa shape index (κ1) is 18.6. The smallest absolute Gasteiger partial charge is 0.333 e. The zero-order valence-electron chi connectivity index (χ0n) is 12.6. The second-order valence-electron chi connectivity index (χ2n) is 4.75. The van der Waals surface area contributed by atoms with Crippen molar-refractivity contribution in [2.45, 2.75) is 13.0 Å². The van der Waals surface area contributed by atoms with Crippen LogP contribution in [-0.2, 0) is 4.79 Å². The molecule has 0 saturated heterocycles. The first-order valence-electron chi connectivity index (χ1n) is 6.93. The van der Waals surface area contributed by atoms with Crippen LogP contribution in [-0.4, -0.2) is 18.5 Å². The lowest BCUT2D eigenvalue weighted by Gasteiger charge is -2.14. The molecule has 0 radical (unpaired) electrons. The molecule has 0 bridgehead atoms. The Kier molecular flexibility index (Phi) is 6.89. The predicted molar refractivity (Wildman–Crippen MR) is 97.2 cm³/mol. The number of halogens is 2. The third-order valence-corrected chi connectivity index (χ3v) is 4.81. The summed E-state index contributed by atoms with van der Waals surface area (Å²) in [5.41, 5.74) is 4.54. The second kappa shape index (κ2) is 8.91. The van der Waals surface area contributed by atoms with E-state index in [2.05, 4.69) is 32.1 Å². The normalized spacial score (nSPS) is 11.5. The van der Waals surface area contributed by atoms with E-state index in [0.29, 0.717) is 10.1 Å². The van der Waals surface area contributed by atoms with Crippen LogP contribution in [0.25, 0.3) is 0 Å². The fourth-order valence-electron chi connectivity index (χ4n) is 1.71. The number of ether oxygens (including phenoxy) is 1. The third-order valence-electron chi connectivity index (χ3n) is 2.87. The number of urea groups is 1. The van der Waals surface area contributed by atoms with E-state index < -0.39 is 11.9 Å². The molecular weight excluding hydrogens is 418 g/mol. The van der Waals surface area contributed by atoms with Gasteiger partial charge in [-0.25, -0.2) is 10.2 Å². The molecule has 1 heterocycles. The van der Waals surface area contributed by atoms with Crippen LogP contribution in [0.15, 0.2) is 40.9 Å². The summed E-state index contributed by atoms with van der Waals surface area (Å²) in [4.78, 5) is 24.3. The van der Waals surface area contributed by atoms with E-state index in [-0.39, 0.29) is 12.6 Å². The van der Waals surface area contributed by atoms with Crippen LogP contribution < -0.4 is 20.9 Å². The van der Waals surface area contributed by atoms with Gasteiger partial charge in [0.2, 0.25) is 0 Å². The maximum Gasteiger partial charge on any atom is 0.333 e. The van der Waals surface area contributed by atoms with Gasteiger partial charge in [0.1, 0.15) is 5.75 Å². The van der Waals surface area contributed by atoms with Gasteiger partial charge in [-0.3, -0.25) is 10.2 Å². The molecule has 1 aromatic carbocycles. The van der Waals surface area contributed by atoms with Crippen molar-refractivity contribution in [3.05, 3.63) is 50.1 Å². The molecule has 2 aromatic rings. The summed E-state index contributed by atoms with van der Waals surface area (Å²) in [5, 5.41) is 2.69. The van der Waals surface area contributed by atoms with Crippen molar-refractivity contribution in [1.82, 2.24) is 16.2 Å². The monoisotopic (exact) mass is 431 g/mol. The van der Waals surface area contributed by atoms with Gasteiger partial charge >= 0.3 is 6.03 Å². The van der Waals surface area contributed by atoms with E-state index in [1.807, 2.05) is 13.0 Å². The van der Waals surface area contributed by atoms with Crippen molar-refractivity contribution in [3.8, 4) is 5.75 Å². The van der Waals surface area contributed by atoms with Crippen LogP contribution in [0.4, 0.5) is 4.79 Å². The summed E-state index contributed by atoms with van der Waals surface area (Å²) in [6.45, 7) is 1.61. The van der Waals surface area contributed by atoms with Gasteiger partial charge in [0.05, 0.1) is 10.4 Å². The van der Waals surface area contributed by atoms with Crippen LogP contribution in [0.2, 0.25) is 4.34 Å². The van der Waals surface area contributed by atoms with Crippen LogP contribution >= 0.6 is 38.9 Å². The molecule has 0 spiro atoms. The quantitative estimate of drug-likeness (QED) is 0.631. The van der Waals surface area contributed by atoms with Gasteiger partial charge in [-0.2, -0.15) is 0 Å². The number of hydrazine groups is 1. The molecule has 3 amide bonds. The Labute approximate surface area is 156 Å². The minimum atomic E-state index is -0.524. The summed E-state index contributed by atoms with van der Waals surface area (Å²) in [5.74, 6) is 0.0842. The molecule has 3 N–H and O–H groups in total. The minimum Gasteiger partial charge on any atom is -0.484 e. The number of benzene rings is 1. The molecular formula is C15H15BrClN3O3S. The van der Waals surface area contributed by atoms with Crippen LogP contribution in [0, 0.1) is 0 Å². The molecule has 0 saturated carbocycles. The number of thiophene rings is 1. The maximum absolute atomic E-state index is 11.7. The topological polar surface area (TPSA) is 79.5 Å². The molecule has 0 aliphatic heterocycles. The highest BCUT2D eigenvalue weighted by atomic mass is 79.9. The highest BCUT2D eigenvalue weighted by Gasteiger charge is 2.12. The number of nitrogens with one attached hydrogen (secondary N) is 3. The van der Waals surface area contributed by atoms with Crippen LogP contribution in [0.1, 0.15) is 17.8 Å². The van der Waals surface area contributed by atoms with Gasteiger partial charge in [-0.15, -0.1) is 11.3 Å². The van der Waals surface area contributed by atoms with Crippen molar-refractivity contribution in [2.75, 3.05) is 6.61 Å². The van der Waals surface area contributed by atoms with Gasteiger partial charge in [0.25, 0.3) is 5.91 Å². The molecule has 1 aromatic heterocycles. The molecule has 1 atom stereocenters. The fraction of sp³-hybridized carbons (Fsp3) is 0.200. The van der Waals surface area contributed by atoms with E-state index in [9.17, 15) is 9.59 Å². The van der Waals surface area contributed by atoms with Crippen LogP contribution in [0.5, 0.6) is 5.75 Å². The molecule has 128 valence electrons. The molecule has 0 aliphatic rings. The average molecular weight is 433 g/mol. The summed E-state index contributed by atoms with van der Waals surface area (Å²) in [7, 11) is 0. The number of hydrogen-bond donors (Lipinski definition) is 3. The third kappa shape index (κ3) is 6.03. The Balaban J connectivity index is 1.69. The van der Waals surface area contributed by atoms with Crippen molar-refractivity contribution in [3.63, 3.8) is 0 Å². The number of rotatable bonds is 5. The first-order valence-corrected chi connectivity index (χ1v) is 8.92. The number of hydrogen-bond acceptors (Lipinski definition) is 4. The summed E-state index contributed by atoms with van der Waals surface area (Å²) in [6.07, 6.45) is 0. The number of carbonyl (C=O) groups is 2. The SMILES string of the molecule is CC(NC(=O)NNC(=O)COc1ccc(Br)cc1)c1ccc(Cl)s1. The van der Waals surface area contributed by atoms with E-state index in [0.717, 1.165) is 9.35 Å². The lowest BCUT2D eigenvalue weighted by atomic mass is 10.3. The lowest BCUT2D eigenvalue weighted by molar-refractivity contribution is -0.123. The van der Waals surface area contributed by atoms with Gasteiger partial charge in [-0.05, 0) is 43.3 Å². The van der Waals surface area contributed by atoms with Crippen molar-refractivity contribution in [1.29, 1.82) is 0 Å². The zero-order valence-corrected chi connectivity index (χ0v) is 15.8. The van der Waals surface area contributed by atoms with E-state index >= 15 is 0 Å². The summed E-state index contributed by atoms with van der Waals surface area (Å²) >= 11 is 10.5. The van der Waals surface area contributed by atoms with E-state index in [4.69, 9.17) is 16.3 Å². The van der Waals surface area contributed by atoms with Crippen LogP contribution in [0.3, 0.4) is 0 Å². The Morgan fingerprint density at radius 3 is 2.54 bits per heavy atom.